The van der Waals surface area contributed by atoms with Crippen LogP contribution in [0.15, 0.2) is 217 Å². The first kappa shape index (κ1) is 31.6. The molecular formula is C52H35NO. The Kier molecular flexibility index (Phi) is 7.85. The molecule has 54 heavy (non-hydrogen) atoms. The van der Waals surface area contributed by atoms with E-state index in [2.05, 4.69) is 205 Å². The quantitative estimate of drug-likeness (QED) is 0.166. The third-order valence-electron chi connectivity index (χ3n) is 10.5. The number of benzene rings is 9. The highest BCUT2D eigenvalue weighted by atomic mass is 16.3. The van der Waals surface area contributed by atoms with Crippen molar-refractivity contribution >= 4 is 49.8 Å². The fraction of sp³-hybridized carbons (Fsp3) is 0. The maximum Gasteiger partial charge on any atom is 0.137 e. The molecule has 0 amide bonds. The molecule has 0 fully saturated rings. The summed E-state index contributed by atoms with van der Waals surface area (Å²) in [4.78, 5) is 2.36. The average molecular weight is 690 g/mol. The van der Waals surface area contributed by atoms with Gasteiger partial charge in [0.15, 0.2) is 0 Å². The number of anilines is 3. The monoisotopic (exact) mass is 689 g/mol. The largest absolute Gasteiger partial charge is 0.456 e. The van der Waals surface area contributed by atoms with E-state index in [0.717, 1.165) is 50.1 Å². The minimum atomic E-state index is 0.864. The van der Waals surface area contributed by atoms with Crippen LogP contribution < -0.4 is 4.90 Å². The van der Waals surface area contributed by atoms with Gasteiger partial charge in [-0.1, -0.05) is 158 Å². The van der Waals surface area contributed by atoms with Gasteiger partial charge in [0.05, 0.1) is 5.69 Å². The number of hydrogen-bond acceptors (Lipinski definition) is 2. The van der Waals surface area contributed by atoms with Gasteiger partial charge in [0.25, 0.3) is 0 Å². The number of nitrogens with zero attached hydrogens (tertiary/aromatic N) is 1. The molecule has 0 N–H and O–H groups in total. The average Bonchev–Trinajstić information content (AvgIpc) is 3.62. The fourth-order valence-corrected chi connectivity index (χ4v) is 7.84. The molecule has 0 aliphatic carbocycles. The topological polar surface area (TPSA) is 16.4 Å². The van der Waals surface area contributed by atoms with E-state index in [1.165, 1.54) is 44.2 Å². The van der Waals surface area contributed by atoms with Crippen LogP contribution >= 0.6 is 0 Å². The summed E-state index contributed by atoms with van der Waals surface area (Å²) in [6.45, 7) is 0. The van der Waals surface area contributed by atoms with Gasteiger partial charge in [-0.25, -0.2) is 0 Å². The van der Waals surface area contributed by atoms with E-state index >= 15 is 0 Å². The maximum absolute atomic E-state index is 6.43. The lowest BCUT2D eigenvalue weighted by atomic mass is 9.94. The highest BCUT2D eigenvalue weighted by Crippen LogP contribution is 2.44. The van der Waals surface area contributed by atoms with Crippen molar-refractivity contribution in [1.82, 2.24) is 0 Å². The molecule has 0 unspecified atom stereocenters. The minimum Gasteiger partial charge on any atom is -0.456 e. The first-order valence-electron chi connectivity index (χ1n) is 18.4. The second-order valence-electron chi connectivity index (χ2n) is 13.7. The van der Waals surface area contributed by atoms with Crippen LogP contribution in [0.3, 0.4) is 0 Å². The Morgan fingerprint density at radius 1 is 0.296 bits per heavy atom. The predicted molar refractivity (Wildman–Crippen MR) is 228 cm³/mol. The van der Waals surface area contributed by atoms with Gasteiger partial charge in [-0.2, -0.15) is 0 Å². The van der Waals surface area contributed by atoms with Gasteiger partial charge in [0.2, 0.25) is 0 Å². The van der Waals surface area contributed by atoms with Crippen molar-refractivity contribution in [3.8, 4) is 44.5 Å². The van der Waals surface area contributed by atoms with E-state index in [1.54, 1.807) is 0 Å². The molecule has 0 aliphatic heterocycles. The normalized spacial score (nSPS) is 11.3. The van der Waals surface area contributed by atoms with E-state index in [9.17, 15) is 0 Å². The first-order valence-corrected chi connectivity index (χ1v) is 18.4. The summed E-state index contributed by atoms with van der Waals surface area (Å²) >= 11 is 0. The third kappa shape index (κ3) is 5.71. The minimum absolute atomic E-state index is 0.864. The van der Waals surface area contributed by atoms with E-state index in [4.69, 9.17) is 4.42 Å². The summed E-state index contributed by atoms with van der Waals surface area (Å²) in [5.41, 5.74) is 14.4. The lowest BCUT2D eigenvalue weighted by molar-refractivity contribution is 0.669. The second-order valence-corrected chi connectivity index (χ2v) is 13.7. The molecule has 254 valence electrons. The molecule has 1 aromatic heterocycles. The Hall–Kier alpha value is -7.16. The molecule has 0 saturated carbocycles. The van der Waals surface area contributed by atoms with E-state index in [0.29, 0.717) is 0 Å². The van der Waals surface area contributed by atoms with Crippen molar-refractivity contribution in [2.24, 2.45) is 0 Å². The van der Waals surface area contributed by atoms with E-state index in [1.807, 2.05) is 12.1 Å². The van der Waals surface area contributed by atoms with Crippen molar-refractivity contribution in [3.05, 3.63) is 212 Å². The van der Waals surface area contributed by atoms with Gasteiger partial charge in [0, 0.05) is 33.8 Å². The summed E-state index contributed by atoms with van der Waals surface area (Å²) in [6.07, 6.45) is 0. The number of para-hydroxylation sites is 2. The molecule has 0 radical (unpaired) electrons. The van der Waals surface area contributed by atoms with Gasteiger partial charge in [-0.15, -0.1) is 0 Å². The van der Waals surface area contributed by atoms with Gasteiger partial charge >= 0.3 is 0 Å². The predicted octanol–water partition coefficient (Wildman–Crippen LogP) is 14.9. The molecule has 0 spiro atoms. The number of furan rings is 1. The van der Waals surface area contributed by atoms with Crippen molar-refractivity contribution in [2.45, 2.75) is 0 Å². The number of fused-ring (bicyclic) bond motifs is 4. The first-order chi connectivity index (χ1) is 26.8. The van der Waals surface area contributed by atoms with Gasteiger partial charge < -0.3 is 9.32 Å². The van der Waals surface area contributed by atoms with Crippen LogP contribution in [-0.4, -0.2) is 0 Å². The number of rotatable bonds is 7. The van der Waals surface area contributed by atoms with Crippen LogP contribution in [-0.2, 0) is 0 Å². The van der Waals surface area contributed by atoms with Crippen molar-refractivity contribution < 1.29 is 4.42 Å². The Morgan fingerprint density at radius 2 is 0.833 bits per heavy atom. The van der Waals surface area contributed by atoms with E-state index in [-0.39, 0.29) is 0 Å². The molecule has 1 heterocycles. The van der Waals surface area contributed by atoms with Crippen LogP contribution in [0, 0.1) is 0 Å². The Morgan fingerprint density at radius 3 is 1.67 bits per heavy atom. The molecule has 0 aliphatic rings. The van der Waals surface area contributed by atoms with Gasteiger partial charge in [-0.05, 0) is 98.2 Å². The molecule has 10 aromatic rings. The zero-order chi connectivity index (χ0) is 35.8. The molecule has 0 bridgehead atoms. The van der Waals surface area contributed by atoms with Gasteiger partial charge in [0.1, 0.15) is 11.2 Å². The summed E-state index contributed by atoms with van der Waals surface area (Å²) in [6, 6.07) is 75.9. The highest BCUT2D eigenvalue weighted by molar-refractivity contribution is 6.06. The molecule has 9 aromatic carbocycles. The zero-order valence-electron chi connectivity index (χ0n) is 29.6. The Labute approximate surface area is 314 Å². The Bertz CT molecular complexity index is 2930. The van der Waals surface area contributed by atoms with Crippen LogP contribution in [0.4, 0.5) is 17.1 Å². The lowest BCUT2D eigenvalue weighted by Gasteiger charge is -2.28. The van der Waals surface area contributed by atoms with Crippen LogP contribution in [0.5, 0.6) is 0 Å². The van der Waals surface area contributed by atoms with E-state index < -0.39 is 0 Å². The van der Waals surface area contributed by atoms with Crippen LogP contribution in [0.25, 0.3) is 77.2 Å². The zero-order valence-corrected chi connectivity index (χ0v) is 29.6. The van der Waals surface area contributed by atoms with Crippen molar-refractivity contribution in [3.63, 3.8) is 0 Å². The second kappa shape index (κ2) is 13.4. The SMILES string of the molecule is c1ccc(-c2cccc(-c3ccc(N(c4ccc5c(c4)oc4ccccc45)c4ccccc4-c4cccc(-c5cccc6ccccc56)c4)cc3)c2)cc1. The lowest BCUT2D eigenvalue weighted by Crippen LogP contribution is -2.11. The number of hydrogen-bond donors (Lipinski definition) is 0. The molecule has 0 atom stereocenters. The smallest absolute Gasteiger partial charge is 0.137 e. The van der Waals surface area contributed by atoms with Crippen molar-refractivity contribution in [2.75, 3.05) is 4.90 Å². The summed E-state index contributed by atoms with van der Waals surface area (Å²) in [7, 11) is 0. The summed E-state index contributed by atoms with van der Waals surface area (Å²) in [5.74, 6) is 0. The summed E-state index contributed by atoms with van der Waals surface area (Å²) in [5, 5.41) is 4.72. The highest BCUT2D eigenvalue weighted by Gasteiger charge is 2.19. The standard InChI is InChI=1S/C52H35NO/c1-2-13-36(14-3-1)39-17-10-18-40(33-39)37-27-29-43(30-28-37)53(44-31-32-49-48-23-7-9-26-51(48)54-52(49)35-44)50-25-8-6-22-47(50)42-20-11-19-41(34-42)46-24-12-16-38-15-4-5-21-45(38)46/h1-35H. The maximum atomic E-state index is 6.43. The molecule has 10 rings (SSSR count). The van der Waals surface area contributed by atoms with Crippen molar-refractivity contribution in [1.29, 1.82) is 0 Å². The molecular weight excluding hydrogens is 655 g/mol. The van der Waals surface area contributed by atoms with Crippen LogP contribution in [0.1, 0.15) is 0 Å². The van der Waals surface area contributed by atoms with Gasteiger partial charge in [-0.3, -0.25) is 0 Å². The third-order valence-corrected chi connectivity index (χ3v) is 10.5. The fourth-order valence-electron chi connectivity index (χ4n) is 7.84. The molecule has 2 heteroatoms. The molecule has 0 saturated heterocycles. The molecule has 2 nitrogen and oxygen atoms in total. The Balaban J connectivity index is 1.11. The summed E-state index contributed by atoms with van der Waals surface area (Å²) < 4.78 is 6.43. The van der Waals surface area contributed by atoms with Crippen LogP contribution in [0.2, 0.25) is 0 Å².